The Morgan fingerprint density at radius 2 is 2.17 bits per heavy atom. The summed E-state index contributed by atoms with van der Waals surface area (Å²) in [5.41, 5.74) is -0.321. The lowest BCUT2D eigenvalue weighted by molar-refractivity contribution is -0.171. The number of amides is 2. The van der Waals surface area contributed by atoms with Gasteiger partial charge in [-0.3, -0.25) is 4.79 Å². The van der Waals surface area contributed by atoms with E-state index in [-0.39, 0.29) is 30.3 Å². The van der Waals surface area contributed by atoms with Crippen LogP contribution < -0.4 is 5.32 Å². The molecule has 24 heavy (non-hydrogen) atoms. The summed E-state index contributed by atoms with van der Waals surface area (Å²) in [5.74, 6) is 0.916. The predicted octanol–water partition coefficient (Wildman–Crippen LogP) is 3.25. The molecule has 1 atom stereocenters. The highest BCUT2D eigenvalue weighted by Crippen LogP contribution is 2.60. The molecule has 2 amide bonds. The van der Waals surface area contributed by atoms with Crippen LogP contribution in [0, 0.1) is 5.41 Å². The van der Waals surface area contributed by atoms with E-state index in [2.05, 4.69) is 5.32 Å². The number of nitrogens with zero attached hydrogens (tertiary/aromatic N) is 1. The average molecular weight is 334 g/mol. The number of rotatable bonds is 4. The van der Waals surface area contributed by atoms with Gasteiger partial charge in [0.25, 0.3) is 0 Å². The minimum absolute atomic E-state index is 0.0463. The van der Waals surface area contributed by atoms with Crippen molar-refractivity contribution in [3.05, 3.63) is 24.2 Å². The molecule has 2 aliphatic rings. The summed E-state index contributed by atoms with van der Waals surface area (Å²) < 4.78 is 10.7. The number of ether oxygens (including phenoxy) is 1. The van der Waals surface area contributed by atoms with Gasteiger partial charge in [-0.05, 0) is 45.7 Å². The summed E-state index contributed by atoms with van der Waals surface area (Å²) in [6.07, 6.45) is 4.96. The fourth-order valence-corrected chi connectivity index (χ4v) is 3.66. The maximum absolute atomic E-state index is 12.5. The zero-order valence-electron chi connectivity index (χ0n) is 14.6. The molecule has 1 N–H and O–H groups in total. The smallest absolute Gasteiger partial charge is 0.407 e. The van der Waals surface area contributed by atoms with Crippen LogP contribution in [-0.2, 0) is 9.53 Å². The van der Waals surface area contributed by atoms with E-state index >= 15 is 0 Å². The largest absolute Gasteiger partial charge is 0.467 e. The zero-order chi connectivity index (χ0) is 17.4. The van der Waals surface area contributed by atoms with Crippen LogP contribution >= 0.6 is 0 Å². The summed E-state index contributed by atoms with van der Waals surface area (Å²) in [6.45, 7) is 6.50. The molecule has 132 valence electrons. The third-order valence-electron chi connectivity index (χ3n) is 4.87. The van der Waals surface area contributed by atoms with Crippen LogP contribution in [0.3, 0.4) is 0 Å². The summed E-state index contributed by atoms with van der Waals surface area (Å²) in [7, 11) is 0. The number of carbonyl (C=O) groups excluding carboxylic acids is 2. The highest BCUT2D eigenvalue weighted by Gasteiger charge is 2.58. The second-order valence-corrected chi connectivity index (χ2v) is 7.83. The van der Waals surface area contributed by atoms with Gasteiger partial charge in [0.05, 0.1) is 12.3 Å². The fraction of sp³-hybridized carbons (Fsp3) is 0.667. The van der Waals surface area contributed by atoms with Crippen LogP contribution in [0.25, 0.3) is 0 Å². The van der Waals surface area contributed by atoms with Gasteiger partial charge in [-0.15, -0.1) is 0 Å². The first kappa shape index (κ1) is 16.9. The van der Waals surface area contributed by atoms with Gasteiger partial charge in [-0.2, -0.15) is 0 Å². The van der Waals surface area contributed by atoms with Crippen LogP contribution in [0.2, 0.25) is 0 Å². The zero-order valence-corrected chi connectivity index (χ0v) is 14.6. The molecule has 1 spiro atoms. The van der Waals surface area contributed by atoms with Gasteiger partial charge in [-0.25, -0.2) is 4.79 Å². The van der Waals surface area contributed by atoms with Crippen molar-refractivity contribution in [3.8, 4) is 0 Å². The molecule has 0 aromatic carbocycles. The Hall–Kier alpha value is -1.98. The summed E-state index contributed by atoms with van der Waals surface area (Å²) in [4.78, 5) is 26.0. The highest BCUT2D eigenvalue weighted by molar-refractivity contribution is 5.79. The van der Waals surface area contributed by atoms with Crippen molar-refractivity contribution in [2.75, 3.05) is 13.1 Å². The molecular formula is C18H26N2O4. The van der Waals surface area contributed by atoms with Crippen molar-refractivity contribution in [2.45, 2.75) is 58.1 Å². The van der Waals surface area contributed by atoms with E-state index in [1.807, 2.05) is 37.8 Å². The number of hydrogen-bond acceptors (Lipinski definition) is 4. The molecule has 1 aromatic heterocycles. The van der Waals surface area contributed by atoms with E-state index in [0.29, 0.717) is 0 Å². The molecule has 3 rings (SSSR count). The van der Waals surface area contributed by atoms with Gasteiger partial charge in [0.2, 0.25) is 5.91 Å². The fourth-order valence-electron chi connectivity index (χ4n) is 3.66. The molecule has 1 saturated heterocycles. The van der Waals surface area contributed by atoms with E-state index in [0.717, 1.165) is 25.1 Å². The molecule has 0 unspecified atom stereocenters. The molecule has 2 heterocycles. The van der Waals surface area contributed by atoms with Gasteiger partial charge in [-0.1, -0.05) is 6.42 Å². The van der Waals surface area contributed by atoms with Crippen LogP contribution in [0.15, 0.2) is 22.8 Å². The highest BCUT2D eigenvalue weighted by atomic mass is 16.6. The van der Waals surface area contributed by atoms with E-state index in [1.165, 1.54) is 6.42 Å². The van der Waals surface area contributed by atoms with Crippen molar-refractivity contribution < 1.29 is 18.7 Å². The van der Waals surface area contributed by atoms with Gasteiger partial charge < -0.3 is 19.4 Å². The van der Waals surface area contributed by atoms with E-state index < -0.39 is 11.7 Å². The molecule has 6 nitrogen and oxygen atoms in total. The third-order valence-corrected chi connectivity index (χ3v) is 4.87. The Labute approximate surface area is 142 Å². The van der Waals surface area contributed by atoms with Crippen LogP contribution in [0.5, 0.6) is 0 Å². The minimum atomic E-state index is -0.535. The quantitative estimate of drug-likeness (QED) is 0.917. The Balaban J connectivity index is 1.51. The normalized spacial score (nSPS) is 21.8. The van der Waals surface area contributed by atoms with Crippen LogP contribution in [0.1, 0.15) is 58.3 Å². The number of alkyl carbamates (subject to hydrolysis) is 1. The van der Waals surface area contributed by atoms with Crippen molar-refractivity contribution in [3.63, 3.8) is 0 Å². The van der Waals surface area contributed by atoms with Crippen LogP contribution in [-0.4, -0.2) is 35.6 Å². The van der Waals surface area contributed by atoms with Crippen molar-refractivity contribution in [1.82, 2.24) is 10.2 Å². The molecule has 1 aliphatic carbocycles. The van der Waals surface area contributed by atoms with Crippen molar-refractivity contribution >= 4 is 12.0 Å². The summed E-state index contributed by atoms with van der Waals surface area (Å²) in [5, 5.41) is 2.64. The van der Waals surface area contributed by atoms with Crippen LogP contribution in [0.4, 0.5) is 4.79 Å². The lowest BCUT2D eigenvalue weighted by Gasteiger charge is -2.61. The topological polar surface area (TPSA) is 71.8 Å². The molecular weight excluding hydrogens is 308 g/mol. The Morgan fingerprint density at radius 3 is 2.71 bits per heavy atom. The first-order chi connectivity index (χ1) is 11.3. The van der Waals surface area contributed by atoms with Gasteiger partial charge >= 0.3 is 6.09 Å². The van der Waals surface area contributed by atoms with Crippen molar-refractivity contribution in [2.24, 2.45) is 5.41 Å². The molecule has 2 fully saturated rings. The van der Waals surface area contributed by atoms with Crippen molar-refractivity contribution in [1.29, 1.82) is 0 Å². The van der Waals surface area contributed by atoms with E-state index in [9.17, 15) is 9.59 Å². The summed E-state index contributed by atoms with van der Waals surface area (Å²) in [6, 6.07) is 3.87. The maximum atomic E-state index is 12.5. The van der Waals surface area contributed by atoms with Gasteiger partial charge in [0, 0.05) is 24.9 Å². The molecule has 0 bridgehead atoms. The number of carbonyl (C=O) groups is 2. The average Bonchev–Trinajstić information content (AvgIpc) is 2.87. The predicted molar refractivity (Wildman–Crippen MR) is 88.3 cm³/mol. The number of furan rings is 1. The maximum Gasteiger partial charge on any atom is 0.407 e. The molecule has 1 aliphatic heterocycles. The lowest BCUT2D eigenvalue weighted by atomic mass is 9.57. The van der Waals surface area contributed by atoms with Gasteiger partial charge in [0.15, 0.2) is 0 Å². The van der Waals surface area contributed by atoms with Gasteiger partial charge in [0.1, 0.15) is 11.4 Å². The Bertz CT molecular complexity index is 599. The minimum Gasteiger partial charge on any atom is -0.467 e. The van der Waals surface area contributed by atoms with E-state index in [4.69, 9.17) is 9.15 Å². The second kappa shape index (κ2) is 6.15. The Morgan fingerprint density at radius 1 is 1.42 bits per heavy atom. The third kappa shape index (κ3) is 3.28. The first-order valence-corrected chi connectivity index (χ1v) is 8.60. The second-order valence-electron chi connectivity index (χ2n) is 7.83. The molecule has 1 saturated carbocycles. The monoisotopic (exact) mass is 334 g/mol. The summed E-state index contributed by atoms with van der Waals surface area (Å²) >= 11 is 0. The number of likely N-dealkylation sites (tertiary alicyclic amines) is 1. The lowest BCUT2D eigenvalue weighted by Crippen LogP contribution is -2.63. The number of hydrogen-bond donors (Lipinski definition) is 1. The standard InChI is InChI=1S/C18H26N2O4/c1-17(2,3)24-16(22)19-10-7-14(21)20-12-18(8-5-9-18)15(20)13-6-4-11-23-13/h4,6,11,15H,5,7-10,12H2,1-3H3,(H,19,22)/t15-/m1/s1. The number of nitrogens with one attached hydrogen (secondary N) is 1. The first-order valence-electron chi connectivity index (χ1n) is 8.60. The molecule has 0 radical (unpaired) electrons. The SMILES string of the molecule is CC(C)(C)OC(=O)NCCC(=O)N1CC2(CCC2)[C@H]1c1ccco1. The Kier molecular flexibility index (Phi) is 4.32. The molecule has 6 heteroatoms. The van der Waals surface area contributed by atoms with E-state index in [1.54, 1.807) is 6.26 Å². The molecule has 1 aromatic rings.